The van der Waals surface area contributed by atoms with E-state index in [1.54, 1.807) is 6.92 Å². The van der Waals surface area contributed by atoms with E-state index in [1.165, 1.54) is 9.91 Å². The minimum Gasteiger partial charge on any atom is -0.480 e. The molecule has 1 saturated heterocycles. The molecule has 0 spiro atoms. The number of carboxylic acid groups (broad SMARTS) is 1. The van der Waals surface area contributed by atoms with Crippen LogP contribution in [0.25, 0.3) is 0 Å². The van der Waals surface area contributed by atoms with Gasteiger partial charge in [0.1, 0.15) is 17.9 Å². The standard InChI is InChI=1S/C6H13N3O5S2/c1-4-8(3-16(12,13)14)6(15)7-9(4)2-5(10)11/h4,6-7,15H,2-3H2,1H3,(H,10,11)(H,12,13,14). The maximum absolute atomic E-state index is 10.7. The third-order valence-electron chi connectivity index (χ3n) is 2.14. The van der Waals surface area contributed by atoms with Gasteiger partial charge in [0.15, 0.2) is 0 Å². The highest BCUT2D eigenvalue weighted by molar-refractivity contribution is 7.85. The molecule has 1 rings (SSSR count). The van der Waals surface area contributed by atoms with Gasteiger partial charge in [-0.3, -0.25) is 9.35 Å². The summed E-state index contributed by atoms with van der Waals surface area (Å²) in [7, 11) is -4.16. The Hall–Kier alpha value is -0.390. The lowest BCUT2D eigenvalue weighted by Gasteiger charge is -2.23. The molecule has 0 aromatic rings. The Morgan fingerprint density at radius 2 is 2.12 bits per heavy atom. The van der Waals surface area contributed by atoms with Gasteiger partial charge >= 0.3 is 5.97 Å². The van der Waals surface area contributed by atoms with E-state index in [1.807, 2.05) is 0 Å². The average molecular weight is 271 g/mol. The SMILES string of the molecule is CC1N(CC(=O)O)NC(S)N1CS(=O)(=O)O. The zero-order valence-electron chi connectivity index (χ0n) is 8.44. The van der Waals surface area contributed by atoms with Crippen molar-refractivity contribution in [1.29, 1.82) is 0 Å². The first-order chi connectivity index (χ1) is 7.20. The van der Waals surface area contributed by atoms with Gasteiger partial charge in [0.05, 0.1) is 6.17 Å². The van der Waals surface area contributed by atoms with Crippen molar-refractivity contribution in [2.75, 3.05) is 12.4 Å². The smallest absolute Gasteiger partial charge is 0.319 e. The van der Waals surface area contributed by atoms with Crippen LogP contribution in [0.2, 0.25) is 0 Å². The van der Waals surface area contributed by atoms with Crippen molar-refractivity contribution in [3.05, 3.63) is 0 Å². The van der Waals surface area contributed by atoms with E-state index in [0.717, 1.165) is 0 Å². The number of hydrogen-bond donors (Lipinski definition) is 4. The summed E-state index contributed by atoms with van der Waals surface area (Å²) < 4.78 is 30.2. The van der Waals surface area contributed by atoms with E-state index in [0.29, 0.717) is 0 Å². The number of aliphatic carboxylic acids is 1. The number of nitrogens with zero attached hydrogens (tertiary/aromatic N) is 2. The maximum atomic E-state index is 10.7. The first-order valence-corrected chi connectivity index (χ1v) is 6.47. The third-order valence-corrected chi connectivity index (χ3v) is 3.18. The number of hydrogen-bond acceptors (Lipinski definition) is 7. The molecule has 1 aliphatic heterocycles. The van der Waals surface area contributed by atoms with Crippen molar-refractivity contribution >= 4 is 28.7 Å². The minimum atomic E-state index is -4.16. The van der Waals surface area contributed by atoms with Crippen LogP contribution < -0.4 is 5.43 Å². The summed E-state index contributed by atoms with van der Waals surface area (Å²) in [6.07, 6.45) is -0.500. The Labute approximate surface area is 98.3 Å². The van der Waals surface area contributed by atoms with Crippen molar-refractivity contribution in [3.63, 3.8) is 0 Å². The number of hydrazine groups is 1. The predicted molar refractivity (Wildman–Crippen MR) is 58.0 cm³/mol. The Morgan fingerprint density at radius 1 is 1.56 bits per heavy atom. The Bertz CT molecular complexity index is 372. The first-order valence-electron chi connectivity index (χ1n) is 4.34. The van der Waals surface area contributed by atoms with Crippen LogP contribution in [-0.2, 0) is 14.9 Å². The quantitative estimate of drug-likeness (QED) is 0.365. The largest absolute Gasteiger partial charge is 0.480 e. The molecule has 16 heavy (non-hydrogen) atoms. The summed E-state index contributed by atoms with van der Waals surface area (Å²) in [6.45, 7) is 1.32. The van der Waals surface area contributed by atoms with Gasteiger partial charge in [-0.25, -0.2) is 15.3 Å². The van der Waals surface area contributed by atoms with Crippen molar-refractivity contribution < 1.29 is 22.9 Å². The van der Waals surface area contributed by atoms with Crippen LogP contribution in [0.1, 0.15) is 6.92 Å². The molecule has 2 atom stereocenters. The summed E-state index contributed by atoms with van der Waals surface area (Å²) >= 11 is 4.04. The van der Waals surface area contributed by atoms with E-state index in [9.17, 15) is 13.2 Å². The van der Waals surface area contributed by atoms with Crippen LogP contribution in [-0.4, -0.2) is 58.0 Å². The van der Waals surface area contributed by atoms with Gasteiger partial charge in [-0.05, 0) is 6.92 Å². The molecule has 0 aliphatic carbocycles. The topological polar surface area (TPSA) is 110 Å². The summed E-state index contributed by atoms with van der Waals surface area (Å²) in [4.78, 5) is 11.8. The van der Waals surface area contributed by atoms with Gasteiger partial charge in [-0.1, -0.05) is 0 Å². The summed E-state index contributed by atoms with van der Waals surface area (Å²) in [5.74, 6) is -1.65. The number of thiol groups is 1. The van der Waals surface area contributed by atoms with Crippen LogP contribution in [0.3, 0.4) is 0 Å². The monoisotopic (exact) mass is 271 g/mol. The summed E-state index contributed by atoms with van der Waals surface area (Å²) in [6, 6.07) is 0. The molecule has 94 valence electrons. The summed E-state index contributed by atoms with van der Waals surface area (Å²) in [5.41, 5.74) is 2.02. The van der Waals surface area contributed by atoms with Crippen LogP contribution in [0, 0.1) is 0 Å². The Morgan fingerprint density at radius 3 is 2.56 bits per heavy atom. The molecule has 10 heteroatoms. The Balaban J connectivity index is 2.71. The predicted octanol–water partition coefficient (Wildman–Crippen LogP) is -1.40. The van der Waals surface area contributed by atoms with E-state index < -0.39 is 33.6 Å². The van der Waals surface area contributed by atoms with E-state index in [2.05, 4.69) is 18.1 Å². The van der Waals surface area contributed by atoms with Crippen LogP contribution in [0.4, 0.5) is 0 Å². The van der Waals surface area contributed by atoms with Gasteiger partial charge in [0, 0.05) is 0 Å². The molecule has 1 heterocycles. The van der Waals surface area contributed by atoms with Gasteiger partial charge in [0.2, 0.25) is 0 Å². The lowest BCUT2D eigenvalue weighted by atomic mass is 10.5. The normalized spacial score (nSPS) is 28.4. The van der Waals surface area contributed by atoms with Crippen LogP contribution in [0.15, 0.2) is 0 Å². The zero-order valence-corrected chi connectivity index (χ0v) is 10.1. The number of carboxylic acids is 1. The number of rotatable bonds is 4. The number of nitrogens with one attached hydrogen (secondary N) is 1. The highest BCUT2D eigenvalue weighted by atomic mass is 32.2. The van der Waals surface area contributed by atoms with E-state index in [4.69, 9.17) is 9.66 Å². The van der Waals surface area contributed by atoms with Crippen molar-refractivity contribution in [2.24, 2.45) is 0 Å². The molecule has 0 radical (unpaired) electrons. The molecular formula is C6H13N3O5S2. The first kappa shape index (κ1) is 13.7. The second-order valence-corrected chi connectivity index (χ2v) is 5.29. The van der Waals surface area contributed by atoms with Crippen molar-refractivity contribution in [2.45, 2.75) is 18.6 Å². The molecule has 0 bridgehead atoms. The minimum absolute atomic E-state index is 0.291. The molecular weight excluding hydrogens is 258 g/mol. The van der Waals surface area contributed by atoms with Gasteiger partial charge in [-0.2, -0.15) is 8.42 Å². The van der Waals surface area contributed by atoms with Crippen molar-refractivity contribution in [1.82, 2.24) is 15.3 Å². The molecule has 0 aromatic heterocycles. The average Bonchev–Trinajstić information content (AvgIpc) is 2.29. The highest BCUT2D eigenvalue weighted by Crippen LogP contribution is 2.18. The number of carbonyl (C=O) groups is 1. The van der Waals surface area contributed by atoms with Crippen molar-refractivity contribution in [3.8, 4) is 0 Å². The fraction of sp³-hybridized carbons (Fsp3) is 0.833. The molecule has 8 nitrogen and oxygen atoms in total. The maximum Gasteiger partial charge on any atom is 0.319 e. The Kier molecular flexibility index (Phi) is 4.15. The third kappa shape index (κ3) is 3.57. The second kappa shape index (κ2) is 4.85. The van der Waals surface area contributed by atoms with Gasteiger partial charge < -0.3 is 5.11 Å². The van der Waals surface area contributed by atoms with E-state index in [-0.39, 0.29) is 6.54 Å². The van der Waals surface area contributed by atoms with E-state index >= 15 is 0 Å². The fourth-order valence-corrected chi connectivity index (χ4v) is 2.68. The zero-order chi connectivity index (χ0) is 12.5. The molecule has 1 fully saturated rings. The van der Waals surface area contributed by atoms with Gasteiger partial charge in [-0.15, -0.1) is 12.6 Å². The molecule has 0 saturated carbocycles. The molecule has 0 aromatic carbocycles. The summed E-state index contributed by atoms with van der Waals surface area (Å²) in [5, 5.41) is 9.93. The lowest BCUT2D eigenvalue weighted by Crippen LogP contribution is -2.42. The lowest BCUT2D eigenvalue weighted by molar-refractivity contribution is -0.139. The van der Waals surface area contributed by atoms with Crippen LogP contribution in [0.5, 0.6) is 0 Å². The highest BCUT2D eigenvalue weighted by Gasteiger charge is 2.37. The second-order valence-electron chi connectivity index (χ2n) is 3.38. The molecule has 2 unspecified atom stereocenters. The fourth-order valence-electron chi connectivity index (χ4n) is 1.40. The molecule has 3 N–H and O–H groups in total. The van der Waals surface area contributed by atoms with Crippen LogP contribution >= 0.6 is 12.6 Å². The molecule has 1 aliphatic rings. The molecule has 0 amide bonds. The van der Waals surface area contributed by atoms with Gasteiger partial charge in [0.25, 0.3) is 10.1 Å².